The molecular weight excluding hydrogens is 166 g/mol. The molecule has 0 bridgehead atoms. The van der Waals surface area contributed by atoms with E-state index in [2.05, 4.69) is 28.9 Å². The summed E-state index contributed by atoms with van der Waals surface area (Å²) >= 11 is 2.10. The van der Waals surface area contributed by atoms with Crippen molar-refractivity contribution in [3.63, 3.8) is 0 Å². The number of hydrogen-bond donors (Lipinski definition) is 1. The van der Waals surface area contributed by atoms with Crippen molar-refractivity contribution in [3.8, 4) is 11.8 Å². The van der Waals surface area contributed by atoms with E-state index in [1.54, 1.807) is 0 Å². The van der Waals surface area contributed by atoms with Gasteiger partial charge in [0, 0.05) is 11.7 Å². The zero-order chi connectivity index (χ0) is 8.65. The number of thioether (sulfide) groups is 1. The third-order valence-corrected chi connectivity index (χ3v) is 3.39. The fourth-order valence-corrected chi connectivity index (χ4v) is 2.54. The second-order valence-electron chi connectivity index (χ2n) is 3.08. The van der Waals surface area contributed by atoms with Gasteiger partial charge in [0.05, 0.1) is 6.54 Å². The van der Waals surface area contributed by atoms with Crippen LogP contribution in [0.25, 0.3) is 0 Å². The van der Waals surface area contributed by atoms with E-state index >= 15 is 0 Å². The third kappa shape index (κ3) is 4.04. The van der Waals surface area contributed by atoms with Crippen LogP contribution in [0.2, 0.25) is 0 Å². The van der Waals surface area contributed by atoms with Gasteiger partial charge in [-0.25, -0.2) is 0 Å². The molecule has 1 N–H and O–H groups in total. The molecule has 0 radical (unpaired) electrons. The predicted molar refractivity (Wildman–Crippen MR) is 56.4 cm³/mol. The molecule has 68 valence electrons. The van der Waals surface area contributed by atoms with E-state index in [0.717, 1.165) is 18.2 Å². The van der Waals surface area contributed by atoms with E-state index in [0.29, 0.717) is 0 Å². The van der Waals surface area contributed by atoms with Gasteiger partial charge in [-0.1, -0.05) is 12.3 Å². The summed E-state index contributed by atoms with van der Waals surface area (Å²) < 4.78 is 0. The summed E-state index contributed by atoms with van der Waals surface area (Å²) in [6.45, 7) is 0.831. The molecule has 0 aromatic rings. The first-order valence-corrected chi connectivity index (χ1v) is 5.70. The average molecular weight is 183 g/mol. The fraction of sp³-hybridized carbons (Fsp3) is 0.800. The molecule has 0 saturated carbocycles. The highest BCUT2D eigenvalue weighted by Crippen LogP contribution is 2.26. The number of nitrogens with one attached hydrogen (secondary N) is 1. The largest absolute Gasteiger partial charge is 0.309 e. The minimum absolute atomic E-state index is 0.822. The van der Waals surface area contributed by atoms with Gasteiger partial charge in [-0.05, 0) is 25.6 Å². The highest BCUT2D eigenvalue weighted by molar-refractivity contribution is 7.99. The van der Waals surface area contributed by atoms with Crippen LogP contribution in [-0.4, -0.2) is 24.6 Å². The van der Waals surface area contributed by atoms with E-state index < -0.39 is 0 Å². The Kier molecular flexibility index (Phi) is 5.30. The highest BCUT2D eigenvalue weighted by atomic mass is 32.2. The quantitative estimate of drug-likeness (QED) is 0.656. The Hall–Kier alpha value is -0.130. The lowest BCUT2D eigenvalue weighted by Crippen LogP contribution is -2.09. The van der Waals surface area contributed by atoms with Crippen molar-refractivity contribution in [2.45, 2.75) is 30.9 Å². The van der Waals surface area contributed by atoms with Crippen molar-refractivity contribution in [3.05, 3.63) is 0 Å². The van der Waals surface area contributed by atoms with Gasteiger partial charge >= 0.3 is 0 Å². The molecule has 0 aliphatic carbocycles. The fourth-order valence-electron chi connectivity index (χ4n) is 1.31. The maximum atomic E-state index is 3.22. The maximum absolute atomic E-state index is 3.22. The van der Waals surface area contributed by atoms with Gasteiger partial charge in [0.25, 0.3) is 0 Å². The zero-order valence-electron chi connectivity index (χ0n) is 7.73. The molecule has 0 aromatic carbocycles. The molecule has 0 aromatic heterocycles. The summed E-state index contributed by atoms with van der Waals surface area (Å²) in [6, 6.07) is 0. The molecule has 2 heteroatoms. The molecule has 1 saturated heterocycles. The minimum Gasteiger partial charge on any atom is -0.309 e. The lowest BCUT2D eigenvalue weighted by Gasteiger charge is -2.18. The predicted octanol–water partition coefficient (Wildman–Crippen LogP) is 1.89. The zero-order valence-corrected chi connectivity index (χ0v) is 8.54. The van der Waals surface area contributed by atoms with Crippen LogP contribution >= 0.6 is 11.8 Å². The lowest BCUT2D eigenvalue weighted by molar-refractivity contribution is 0.672. The molecule has 0 amide bonds. The highest BCUT2D eigenvalue weighted by Gasteiger charge is 2.11. The molecule has 0 spiro atoms. The van der Waals surface area contributed by atoms with Gasteiger partial charge in [-0.3, -0.25) is 0 Å². The Labute approximate surface area is 79.7 Å². The van der Waals surface area contributed by atoms with E-state index in [-0.39, 0.29) is 0 Å². The second-order valence-corrected chi connectivity index (χ2v) is 4.48. The topological polar surface area (TPSA) is 12.0 Å². The monoisotopic (exact) mass is 183 g/mol. The molecule has 1 rings (SSSR count). The first-order valence-electron chi connectivity index (χ1n) is 4.65. The minimum atomic E-state index is 0.822. The summed E-state index contributed by atoms with van der Waals surface area (Å²) in [5.74, 6) is 7.68. The summed E-state index contributed by atoms with van der Waals surface area (Å²) in [4.78, 5) is 0. The Balaban J connectivity index is 2.09. The first-order chi connectivity index (χ1) is 5.93. The third-order valence-electron chi connectivity index (χ3n) is 1.99. The van der Waals surface area contributed by atoms with Crippen molar-refractivity contribution in [1.82, 2.24) is 5.32 Å². The molecule has 1 atom stereocenters. The standard InChI is InChI=1S/C10H17NS/c1-11-8-4-2-6-10-7-3-5-9-12-10/h10-11H,3,5-9H2,1H3. The van der Waals surface area contributed by atoms with Crippen LogP contribution < -0.4 is 5.32 Å². The molecule has 1 aliphatic heterocycles. The molecule has 1 unspecified atom stereocenters. The summed E-state index contributed by atoms with van der Waals surface area (Å²) in [5.41, 5.74) is 0. The number of rotatable bonds is 2. The van der Waals surface area contributed by atoms with Crippen molar-refractivity contribution in [1.29, 1.82) is 0 Å². The van der Waals surface area contributed by atoms with Crippen molar-refractivity contribution in [2.24, 2.45) is 0 Å². The van der Waals surface area contributed by atoms with E-state index in [4.69, 9.17) is 0 Å². The molecule has 1 fully saturated rings. The van der Waals surface area contributed by atoms with Gasteiger partial charge < -0.3 is 5.32 Å². The van der Waals surface area contributed by atoms with Crippen LogP contribution in [0.4, 0.5) is 0 Å². The summed E-state index contributed by atoms with van der Waals surface area (Å²) in [7, 11) is 1.93. The Bertz CT molecular complexity index is 162. The Morgan fingerprint density at radius 3 is 3.00 bits per heavy atom. The van der Waals surface area contributed by atoms with Crippen molar-refractivity contribution < 1.29 is 0 Å². The van der Waals surface area contributed by atoms with Crippen LogP contribution in [0.1, 0.15) is 25.7 Å². The van der Waals surface area contributed by atoms with Crippen molar-refractivity contribution >= 4 is 11.8 Å². The smallest absolute Gasteiger partial charge is 0.0574 e. The van der Waals surface area contributed by atoms with Gasteiger partial charge in [0.15, 0.2) is 0 Å². The van der Waals surface area contributed by atoms with Crippen LogP contribution in [0.15, 0.2) is 0 Å². The molecule has 1 heterocycles. The first kappa shape index (κ1) is 9.95. The molecule has 1 nitrogen and oxygen atoms in total. The molecule has 1 aliphatic rings. The van der Waals surface area contributed by atoms with Gasteiger partial charge in [0.2, 0.25) is 0 Å². The van der Waals surface area contributed by atoms with Crippen LogP contribution in [0, 0.1) is 11.8 Å². The second kappa shape index (κ2) is 6.39. The van der Waals surface area contributed by atoms with Crippen molar-refractivity contribution in [2.75, 3.05) is 19.3 Å². The normalized spacial score (nSPS) is 22.9. The van der Waals surface area contributed by atoms with Crippen LogP contribution in [0.3, 0.4) is 0 Å². The Morgan fingerprint density at radius 1 is 1.42 bits per heavy atom. The van der Waals surface area contributed by atoms with E-state index in [9.17, 15) is 0 Å². The molecular formula is C10H17NS. The van der Waals surface area contributed by atoms with E-state index in [1.807, 2.05) is 7.05 Å². The van der Waals surface area contributed by atoms with Gasteiger partial charge in [-0.2, -0.15) is 11.8 Å². The number of hydrogen-bond acceptors (Lipinski definition) is 2. The van der Waals surface area contributed by atoms with Crippen LogP contribution in [-0.2, 0) is 0 Å². The summed E-state index contributed by atoms with van der Waals surface area (Å²) in [5, 5.41) is 3.85. The lowest BCUT2D eigenvalue weighted by atomic mass is 10.1. The maximum Gasteiger partial charge on any atom is 0.0574 e. The SMILES string of the molecule is CNCC#CCC1CCCCS1. The Morgan fingerprint density at radius 2 is 2.33 bits per heavy atom. The van der Waals surface area contributed by atoms with Gasteiger partial charge in [-0.15, -0.1) is 5.92 Å². The molecule has 12 heavy (non-hydrogen) atoms. The van der Waals surface area contributed by atoms with E-state index in [1.165, 1.54) is 25.0 Å². The van der Waals surface area contributed by atoms with Crippen LogP contribution in [0.5, 0.6) is 0 Å². The van der Waals surface area contributed by atoms with Gasteiger partial charge in [0.1, 0.15) is 0 Å². The summed E-state index contributed by atoms with van der Waals surface area (Å²) in [6.07, 6.45) is 5.28. The average Bonchev–Trinajstić information content (AvgIpc) is 2.14.